The van der Waals surface area contributed by atoms with E-state index in [4.69, 9.17) is 0 Å². The maximum Gasteiger partial charge on any atom is -0.000857 e. The first kappa shape index (κ1) is 21.4. The maximum absolute atomic E-state index is 2.30. The minimum Gasteiger partial charge on any atom is -0.0622 e. The van der Waals surface area contributed by atoms with Crippen molar-refractivity contribution in [3.8, 4) is 33.4 Å². The molecule has 0 unspecified atom stereocenters. The van der Waals surface area contributed by atoms with Crippen LogP contribution in [0.4, 0.5) is 0 Å². The third kappa shape index (κ3) is 3.37. The van der Waals surface area contributed by atoms with Gasteiger partial charge in [-0.25, -0.2) is 0 Å². The molecule has 0 atom stereocenters. The maximum atomic E-state index is 2.30. The predicted octanol–water partition coefficient (Wildman–Crippen LogP) is 9.92. The van der Waals surface area contributed by atoms with Gasteiger partial charge in [0.25, 0.3) is 0 Å². The molecule has 0 saturated heterocycles. The van der Waals surface area contributed by atoms with E-state index in [9.17, 15) is 0 Å². The van der Waals surface area contributed by atoms with Crippen LogP contribution < -0.4 is 0 Å². The molecule has 0 heterocycles. The largest absolute Gasteiger partial charge is 0.0622 e. The highest BCUT2D eigenvalue weighted by Crippen LogP contribution is 2.49. The van der Waals surface area contributed by atoms with Crippen molar-refractivity contribution in [3.05, 3.63) is 132 Å². The molecule has 0 amide bonds. The molecule has 0 nitrogen and oxygen atoms in total. The summed E-state index contributed by atoms with van der Waals surface area (Å²) in [7, 11) is 0. The Bertz CT molecular complexity index is 1680. The van der Waals surface area contributed by atoms with Crippen LogP contribution in [0.5, 0.6) is 0 Å². The molecule has 0 bridgehead atoms. The van der Waals surface area contributed by atoms with Gasteiger partial charge in [0.15, 0.2) is 0 Å². The van der Waals surface area contributed by atoms with Gasteiger partial charge in [0, 0.05) is 0 Å². The Morgan fingerprint density at radius 3 is 1.14 bits per heavy atom. The van der Waals surface area contributed by atoms with Gasteiger partial charge in [-0.05, 0) is 92.4 Å². The first-order valence-corrected chi connectivity index (χ1v) is 12.3. The molecule has 0 fully saturated rings. The van der Waals surface area contributed by atoms with E-state index in [0.29, 0.717) is 0 Å². The topological polar surface area (TPSA) is 0 Å². The van der Waals surface area contributed by atoms with Crippen LogP contribution in [0, 0.1) is 20.8 Å². The first-order chi connectivity index (χ1) is 17.2. The van der Waals surface area contributed by atoms with Crippen LogP contribution in [0.3, 0.4) is 0 Å². The Morgan fingerprint density at radius 2 is 0.686 bits per heavy atom. The Hall–Kier alpha value is -4.16. The van der Waals surface area contributed by atoms with Gasteiger partial charge in [0.05, 0.1) is 0 Å². The van der Waals surface area contributed by atoms with Crippen molar-refractivity contribution in [1.82, 2.24) is 0 Å². The van der Waals surface area contributed by atoms with Crippen LogP contribution in [0.1, 0.15) is 16.7 Å². The lowest BCUT2D eigenvalue weighted by Crippen LogP contribution is -2.00. The monoisotopic (exact) mass is 448 g/mol. The minimum absolute atomic E-state index is 1.26. The van der Waals surface area contributed by atoms with Gasteiger partial charge >= 0.3 is 0 Å². The summed E-state index contributed by atoms with van der Waals surface area (Å²) in [5.41, 5.74) is 11.9. The molecule has 0 spiro atoms. The molecule has 168 valence electrons. The Balaban J connectivity index is 1.97. The first-order valence-electron chi connectivity index (χ1n) is 12.3. The Kier molecular flexibility index (Phi) is 5.23. The molecule has 0 aliphatic carbocycles. The average Bonchev–Trinajstić information content (AvgIpc) is 2.92. The van der Waals surface area contributed by atoms with Crippen LogP contribution in [0.2, 0.25) is 0 Å². The quantitative estimate of drug-likeness (QED) is 0.236. The highest BCUT2D eigenvalue weighted by atomic mass is 14.3. The number of hydrogen-bond acceptors (Lipinski definition) is 0. The summed E-state index contributed by atoms with van der Waals surface area (Å²) in [6.45, 7) is 6.87. The van der Waals surface area contributed by atoms with E-state index >= 15 is 0 Å². The summed E-state index contributed by atoms with van der Waals surface area (Å²) >= 11 is 0. The minimum atomic E-state index is 1.26. The van der Waals surface area contributed by atoms with Gasteiger partial charge in [-0.2, -0.15) is 0 Å². The lowest BCUT2D eigenvalue weighted by Gasteiger charge is -2.25. The summed E-state index contributed by atoms with van der Waals surface area (Å²) in [5.74, 6) is 0. The highest BCUT2D eigenvalue weighted by molar-refractivity contribution is 6.26. The standard InChI is InChI=1S/C35H28/c1-23-24(2)31(26-15-7-4-8-16-26)35-32(25(23)3)33(27-17-9-5-10-18-27)29-21-13-14-22-30(29)34(35)28-19-11-6-12-20-28/h4-22H,1-3H3. The van der Waals surface area contributed by atoms with Gasteiger partial charge < -0.3 is 0 Å². The number of hydrogen-bond donors (Lipinski definition) is 0. The molecular formula is C35H28. The van der Waals surface area contributed by atoms with E-state index in [-0.39, 0.29) is 0 Å². The third-order valence-corrected chi connectivity index (χ3v) is 7.53. The van der Waals surface area contributed by atoms with Crippen molar-refractivity contribution in [3.63, 3.8) is 0 Å². The molecule has 6 rings (SSSR count). The number of fused-ring (bicyclic) bond motifs is 2. The van der Waals surface area contributed by atoms with Crippen molar-refractivity contribution in [2.45, 2.75) is 20.8 Å². The number of aryl methyl sites for hydroxylation is 1. The fourth-order valence-electron chi connectivity index (χ4n) is 5.68. The highest BCUT2D eigenvalue weighted by Gasteiger charge is 2.23. The Labute approximate surface area is 207 Å². The van der Waals surface area contributed by atoms with Gasteiger partial charge in [0.2, 0.25) is 0 Å². The van der Waals surface area contributed by atoms with Gasteiger partial charge in [-0.15, -0.1) is 0 Å². The summed E-state index contributed by atoms with van der Waals surface area (Å²) in [6, 6.07) is 41.6. The molecule has 0 N–H and O–H groups in total. The fraction of sp³-hybridized carbons (Fsp3) is 0.0857. The molecule has 0 heteroatoms. The van der Waals surface area contributed by atoms with Gasteiger partial charge in [-0.3, -0.25) is 0 Å². The smallest absolute Gasteiger partial charge is 0.000857 e. The summed E-state index contributed by atoms with van der Waals surface area (Å²) in [5, 5.41) is 5.30. The Morgan fingerprint density at radius 1 is 0.314 bits per heavy atom. The zero-order valence-corrected chi connectivity index (χ0v) is 20.5. The van der Waals surface area contributed by atoms with Crippen LogP contribution >= 0.6 is 0 Å². The molecular weight excluding hydrogens is 420 g/mol. The number of benzene rings is 6. The van der Waals surface area contributed by atoms with Crippen molar-refractivity contribution >= 4 is 21.5 Å². The second-order valence-electron chi connectivity index (χ2n) is 9.39. The second-order valence-corrected chi connectivity index (χ2v) is 9.39. The lowest BCUT2D eigenvalue weighted by atomic mass is 9.78. The normalized spacial score (nSPS) is 11.3. The molecule has 0 aromatic heterocycles. The van der Waals surface area contributed by atoms with Crippen molar-refractivity contribution in [2.24, 2.45) is 0 Å². The van der Waals surface area contributed by atoms with Crippen LogP contribution in [0.25, 0.3) is 54.9 Å². The van der Waals surface area contributed by atoms with Crippen molar-refractivity contribution < 1.29 is 0 Å². The molecule has 0 radical (unpaired) electrons. The third-order valence-electron chi connectivity index (χ3n) is 7.53. The summed E-state index contributed by atoms with van der Waals surface area (Å²) in [6.07, 6.45) is 0. The van der Waals surface area contributed by atoms with Crippen molar-refractivity contribution in [2.75, 3.05) is 0 Å². The van der Waals surface area contributed by atoms with Gasteiger partial charge in [0.1, 0.15) is 0 Å². The second kappa shape index (κ2) is 8.56. The van der Waals surface area contributed by atoms with Crippen LogP contribution in [-0.4, -0.2) is 0 Å². The van der Waals surface area contributed by atoms with Gasteiger partial charge in [-0.1, -0.05) is 115 Å². The molecule has 0 aliphatic heterocycles. The molecule has 6 aromatic rings. The number of rotatable bonds is 3. The zero-order chi connectivity index (χ0) is 23.9. The molecule has 35 heavy (non-hydrogen) atoms. The van der Waals surface area contributed by atoms with E-state index in [2.05, 4.69) is 136 Å². The molecule has 0 saturated carbocycles. The van der Waals surface area contributed by atoms with E-state index in [1.807, 2.05) is 0 Å². The van der Waals surface area contributed by atoms with E-state index in [1.165, 1.54) is 71.6 Å². The van der Waals surface area contributed by atoms with E-state index < -0.39 is 0 Å². The van der Waals surface area contributed by atoms with Crippen LogP contribution in [0.15, 0.2) is 115 Å². The average molecular weight is 449 g/mol. The van der Waals surface area contributed by atoms with Crippen LogP contribution in [-0.2, 0) is 0 Å². The SMILES string of the molecule is Cc1c(C)c(-c2ccccc2)c2c(-c3ccccc3)c3ccccc3c(-c3ccccc3)c2c1C. The summed E-state index contributed by atoms with van der Waals surface area (Å²) in [4.78, 5) is 0. The molecule has 0 aliphatic rings. The predicted molar refractivity (Wildman–Crippen MR) is 152 cm³/mol. The zero-order valence-electron chi connectivity index (χ0n) is 20.5. The lowest BCUT2D eigenvalue weighted by molar-refractivity contribution is 1.30. The van der Waals surface area contributed by atoms with Crippen molar-refractivity contribution in [1.29, 1.82) is 0 Å². The molecule has 6 aromatic carbocycles. The van der Waals surface area contributed by atoms with E-state index in [1.54, 1.807) is 0 Å². The fourth-order valence-corrected chi connectivity index (χ4v) is 5.68. The summed E-state index contributed by atoms with van der Waals surface area (Å²) < 4.78 is 0. The van der Waals surface area contributed by atoms with E-state index in [0.717, 1.165) is 0 Å².